The van der Waals surface area contributed by atoms with Gasteiger partial charge in [-0.05, 0) is 31.1 Å². The molecule has 2 aliphatic heterocycles. The molecule has 2 heterocycles. The van der Waals surface area contributed by atoms with E-state index < -0.39 is 0 Å². The minimum absolute atomic E-state index is 0. The van der Waals surface area contributed by atoms with E-state index in [0.29, 0.717) is 5.92 Å². The summed E-state index contributed by atoms with van der Waals surface area (Å²) in [6, 6.07) is -0.327. The molecule has 7 heteroatoms. The average Bonchev–Trinajstić information content (AvgIpc) is 2.47. The quantitative estimate of drug-likeness (QED) is 0.802. The Bertz CT molecular complexity index is 331. The molecule has 0 unspecified atom stereocenters. The lowest BCUT2D eigenvalue weighted by Crippen LogP contribution is -2.54. The summed E-state index contributed by atoms with van der Waals surface area (Å²) in [7, 11) is 0. The Balaban J connectivity index is 0.00000242. The maximum Gasteiger partial charge on any atom is 0.239 e. The fraction of sp³-hybridized carbons (Fsp3) is 0.938. The van der Waals surface area contributed by atoms with Gasteiger partial charge < -0.3 is 15.4 Å². The molecule has 5 nitrogen and oxygen atoms in total. The van der Waals surface area contributed by atoms with Gasteiger partial charge in [0.05, 0.1) is 6.04 Å². The first-order valence-corrected chi connectivity index (χ1v) is 8.40. The lowest BCUT2D eigenvalue weighted by molar-refractivity contribution is -0.134. The largest absolute Gasteiger partial charge is 0.381 e. The molecule has 0 radical (unpaired) electrons. The van der Waals surface area contributed by atoms with Crippen LogP contribution < -0.4 is 5.73 Å². The number of carbonyl (C=O) groups is 1. The summed E-state index contributed by atoms with van der Waals surface area (Å²) in [6.45, 7) is 10.8. The van der Waals surface area contributed by atoms with E-state index in [1.165, 1.54) is 12.8 Å². The number of piperazine rings is 1. The van der Waals surface area contributed by atoms with Gasteiger partial charge in [-0.2, -0.15) is 0 Å². The molecule has 1 amide bonds. The molecule has 0 aromatic carbocycles. The Morgan fingerprint density at radius 3 is 2.22 bits per heavy atom. The predicted octanol–water partition coefficient (Wildman–Crippen LogP) is 1.77. The van der Waals surface area contributed by atoms with Crippen molar-refractivity contribution in [3.63, 3.8) is 0 Å². The third-order valence-corrected chi connectivity index (χ3v) is 4.58. The number of rotatable bonds is 5. The number of nitrogens with two attached hydrogens (primary N) is 1. The number of hydrogen-bond donors (Lipinski definition) is 1. The minimum Gasteiger partial charge on any atom is -0.381 e. The molecule has 0 saturated carbocycles. The first kappa shape index (κ1) is 22.9. The van der Waals surface area contributed by atoms with E-state index in [4.69, 9.17) is 10.5 Å². The maximum absolute atomic E-state index is 12.3. The Kier molecular flexibility index (Phi) is 11.4. The summed E-state index contributed by atoms with van der Waals surface area (Å²) in [6.07, 6.45) is 3.14. The Morgan fingerprint density at radius 2 is 1.70 bits per heavy atom. The lowest BCUT2D eigenvalue weighted by Gasteiger charge is -2.38. The molecule has 2 rings (SSSR count). The second kappa shape index (κ2) is 11.5. The van der Waals surface area contributed by atoms with Crippen molar-refractivity contribution in [1.29, 1.82) is 0 Å². The van der Waals surface area contributed by atoms with Gasteiger partial charge in [0.1, 0.15) is 0 Å². The SMILES string of the molecule is CC(C)C[C@H](N)C(=O)N1CCN(CC2CCOCC2)CC1.Cl.Cl. The van der Waals surface area contributed by atoms with Gasteiger partial charge in [-0.1, -0.05) is 13.8 Å². The van der Waals surface area contributed by atoms with Crippen LogP contribution >= 0.6 is 24.8 Å². The highest BCUT2D eigenvalue weighted by molar-refractivity contribution is 5.85. The summed E-state index contributed by atoms with van der Waals surface area (Å²) in [5, 5.41) is 0. The third kappa shape index (κ3) is 7.57. The molecule has 0 aromatic heterocycles. The highest BCUT2D eigenvalue weighted by Crippen LogP contribution is 2.17. The van der Waals surface area contributed by atoms with E-state index in [2.05, 4.69) is 18.7 Å². The van der Waals surface area contributed by atoms with Gasteiger partial charge in [0.15, 0.2) is 0 Å². The van der Waals surface area contributed by atoms with Crippen molar-refractivity contribution in [2.45, 2.75) is 39.2 Å². The van der Waals surface area contributed by atoms with Crippen LogP contribution in [0, 0.1) is 11.8 Å². The molecule has 2 aliphatic rings. The van der Waals surface area contributed by atoms with Crippen LogP contribution in [0.5, 0.6) is 0 Å². The van der Waals surface area contributed by atoms with Gasteiger partial charge in [0.2, 0.25) is 5.91 Å². The van der Waals surface area contributed by atoms with Crippen molar-refractivity contribution in [1.82, 2.24) is 9.80 Å². The second-order valence-electron chi connectivity index (χ2n) is 6.92. The van der Waals surface area contributed by atoms with Crippen molar-refractivity contribution < 1.29 is 9.53 Å². The Hall–Kier alpha value is -0.0700. The van der Waals surface area contributed by atoms with Gasteiger partial charge in [0.25, 0.3) is 0 Å². The second-order valence-corrected chi connectivity index (χ2v) is 6.92. The summed E-state index contributed by atoms with van der Waals surface area (Å²) in [4.78, 5) is 16.7. The van der Waals surface area contributed by atoms with E-state index in [1.807, 2.05) is 4.90 Å². The van der Waals surface area contributed by atoms with Crippen LogP contribution in [-0.4, -0.2) is 67.7 Å². The summed E-state index contributed by atoms with van der Waals surface area (Å²) >= 11 is 0. The van der Waals surface area contributed by atoms with Crippen molar-refractivity contribution >= 4 is 30.7 Å². The molecule has 0 aromatic rings. The van der Waals surface area contributed by atoms with Crippen LogP contribution in [0.15, 0.2) is 0 Å². The van der Waals surface area contributed by atoms with Crippen LogP contribution in [0.1, 0.15) is 33.1 Å². The molecule has 23 heavy (non-hydrogen) atoms. The fourth-order valence-corrected chi connectivity index (χ4v) is 3.29. The zero-order chi connectivity index (χ0) is 15.2. The highest BCUT2D eigenvalue weighted by Gasteiger charge is 2.27. The molecule has 0 bridgehead atoms. The van der Waals surface area contributed by atoms with Crippen LogP contribution in [0.4, 0.5) is 0 Å². The molecule has 0 spiro atoms. The van der Waals surface area contributed by atoms with Crippen molar-refractivity contribution in [3.05, 3.63) is 0 Å². The van der Waals surface area contributed by atoms with Gasteiger partial charge in [-0.3, -0.25) is 9.69 Å². The minimum atomic E-state index is -0.327. The smallest absolute Gasteiger partial charge is 0.239 e. The summed E-state index contributed by atoms with van der Waals surface area (Å²) < 4.78 is 5.41. The molecule has 0 aliphatic carbocycles. The van der Waals surface area contributed by atoms with Gasteiger partial charge in [0, 0.05) is 45.9 Å². The predicted molar refractivity (Wildman–Crippen MR) is 98.5 cm³/mol. The number of amides is 1. The van der Waals surface area contributed by atoms with Gasteiger partial charge >= 0.3 is 0 Å². The zero-order valence-electron chi connectivity index (χ0n) is 14.4. The Morgan fingerprint density at radius 1 is 1.13 bits per heavy atom. The van der Waals surface area contributed by atoms with E-state index in [1.54, 1.807) is 0 Å². The molecule has 138 valence electrons. The van der Waals surface area contributed by atoms with Crippen LogP contribution in [0.3, 0.4) is 0 Å². The van der Waals surface area contributed by atoms with E-state index >= 15 is 0 Å². The normalized spacial score (nSPS) is 21.5. The molecule has 2 N–H and O–H groups in total. The number of carbonyl (C=O) groups excluding carboxylic acids is 1. The summed E-state index contributed by atoms with van der Waals surface area (Å²) in [5.41, 5.74) is 6.01. The van der Waals surface area contributed by atoms with Crippen molar-refractivity contribution in [2.24, 2.45) is 17.6 Å². The van der Waals surface area contributed by atoms with Crippen LogP contribution in [0.2, 0.25) is 0 Å². The van der Waals surface area contributed by atoms with Crippen molar-refractivity contribution in [3.8, 4) is 0 Å². The van der Waals surface area contributed by atoms with Crippen LogP contribution in [0.25, 0.3) is 0 Å². The molecule has 2 fully saturated rings. The average molecular weight is 370 g/mol. The number of nitrogens with zero attached hydrogens (tertiary/aromatic N) is 2. The monoisotopic (exact) mass is 369 g/mol. The van der Waals surface area contributed by atoms with Crippen LogP contribution in [-0.2, 0) is 9.53 Å². The maximum atomic E-state index is 12.3. The Labute approximate surface area is 153 Å². The molecule has 2 saturated heterocycles. The highest BCUT2D eigenvalue weighted by atomic mass is 35.5. The van der Waals surface area contributed by atoms with E-state index in [-0.39, 0.29) is 36.8 Å². The zero-order valence-corrected chi connectivity index (χ0v) is 16.0. The molecule has 1 atom stereocenters. The topological polar surface area (TPSA) is 58.8 Å². The number of hydrogen-bond acceptors (Lipinski definition) is 4. The van der Waals surface area contributed by atoms with Gasteiger partial charge in [-0.25, -0.2) is 0 Å². The van der Waals surface area contributed by atoms with E-state index in [0.717, 1.165) is 58.3 Å². The van der Waals surface area contributed by atoms with E-state index in [9.17, 15) is 4.79 Å². The lowest BCUT2D eigenvalue weighted by atomic mass is 9.99. The van der Waals surface area contributed by atoms with Gasteiger partial charge in [-0.15, -0.1) is 24.8 Å². The standard InChI is InChI=1S/C16H31N3O2.2ClH/c1-13(2)11-15(17)16(20)19-7-5-18(6-8-19)12-14-3-9-21-10-4-14;;/h13-15H,3-12,17H2,1-2H3;2*1H/t15-;;/m0../s1. The fourth-order valence-electron chi connectivity index (χ4n) is 3.29. The molecular weight excluding hydrogens is 337 g/mol. The number of ether oxygens (including phenoxy) is 1. The first-order valence-electron chi connectivity index (χ1n) is 8.40. The third-order valence-electron chi connectivity index (χ3n) is 4.58. The first-order chi connectivity index (χ1) is 10.1. The van der Waals surface area contributed by atoms with Crippen molar-refractivity contribution in [2.75, 3.05) is 45.9 Å². The number of halogens is 2. The summed E-state index contributed by atoms with van der Waals surface area (Å²) in [5.74, 6) is 1.37. The molecular formula is C16H33Cl2N3O2.